The van der Waals surface area contributed by atoms with Crippen LogP contribution in [0.2, 0.25) is 0 Å². The fraction of sp³-hybridized carbons (Fsp3) is 0.515. The van der Waals surface area contributed by atoms with Crippen LogP contribution in [0.4, 0.5) is 4.79 Å². The molecular weight excluding hydrogens is 1940 g/mol. The maximum atomic E-state index is 14.4. The minimum absolute atomic E-state index is 0.0342. The van der Waals surface area contributed by atoms with E-state index in [1.165, 1.54) is 6.92 Å². The standard InChI is InChI=1S/C101H136N4O42/c1-16-75(106)130-57-96(58-131-76(107)17-2,59-132-77(108)18-3)51-127-54-99(66-139-84(115)25-10,67-140-85(116)26-11)72-145-90(121)45-39-33-31-36-42-48-103-93(124)104(49-43-37-32-34-40-46-91(122)146-73-100(68-141-86(117)27-12,69-142-87(118)28-13)55-128-52-97(60-133-78(109)19-4,61-134-79(110)20-5)62-135-80(111)21-6)95(126)105(94(103)125)50-44-38-35-41-47-102-92(123)147-74-101(70-143-88(119)29-14,71-144-89(120)30-15)56-129-53-98(63-136-81(112)22-7,64-137-82(113)23-8)65-138-83(114)24-9/h16-20,22-30H,1-5,7-15,21,31-74H2,6H3,(H,102,123). The smallest absolute Gasteiger partial charge is 0.407 e. The maximum absolute atomic E-state index is 14.4. The molecule has 812 valence electrons. The second-order valence-electron chi connectivity index (χ2n) is 33.4. The van der Waals surface area contributed by atoms with Crippen molar-refractivity contribution in [1.29, 1.82) is 0 Å². The molecule has 0 bridgehead atoms. The van der Waals surface area contributed by atoms with Gasteiger partial charge in [0.25, 0.3) is 0 Å². The molecule has 0 unspecified atom stereocenters. The maximum Gasteiger partial charge on any atom is 0.407 e. The van der Waals surface area contributed by atoms with Gasteiger partial charge in [0.05, 0.1) is 72.1 Å². The zero-order chi connectivity index (χ0) is 110. The highest BCUT2D eigenvalue weighted by Crippen LogP contribution is 2.32. The van der Waals surface area contributed by atoms with Gasteiger partial charge in [-0.1, -0.05) is 150 Å². The molecule has 147 heavy (non-hydrogen) atoms. The fourth-order valence-corrected chi connectivity index (χ4v) is 12.5. The van der Waals surface area contributed by atoms with Gasteiger partial charge in [-0.25, -0.2) is 100 Å². The van der Waals surface area contributed by atoms with Gasteiger partial charge in [0.2, 0.25) is 0 Å². The van der Waals surface area contributed by atoms with Crippen molar-refractivity contribution in [3.05, 3.63) is 209 Å². The molecule has 0 saturated heterocycles. The van der Waals surface area contributed by atoms with Crippen molar-refractivity contribution < 1.29 is 186 Å². The van der Waals surface area contributed by atoms with Gasteiger partial charge in [-0.2, -0.15) is 0 Å². The van der Waals surface area contributed by atoms with Crippen LogP contribution in [0.15, 0.2) is 192 Å². The molecule has 0 fully saturated rings. The van der Waals surface area contributed by atoms with Gasteiger partial charge in [-0.05, 0) is 38.5 Å². The van der Waals surface area contributed by atoms with E-state index < -0.39 is 316 Å². The molecule has 1 amide bonds. The Balaban J connectivity index is 3.77. The summed E-state index contributed by atoms with van der Waals surface area (Å²) in [4.78, 5) is 271. The molecule has 46 nitrogen and oxygen atoms in total. The van der Waals surface area contributed by atoms with Gasteiger partial charge in [0.1, 0.15) is 119 Å². The number of alkyl carbamates (subject to hydrolysis) is 1. The molecule has 0 saturated carbocycles. The first-order valence-electron chi connectivity index (χ1n) is 46.3. The van der Waals surface area contributed by atoms with E-state index in [0.29, 0.717) is 51.4 Å². The van der Waals surface area contributed by atoms with Crippen LogP contribution in [-0.2, 0) is 201 Å². The van der Waals surface area contributed by atoms with Crippen molar-refractivity contribution in [2.24, 2.45) is 32.5 Å². The zero-order valence-corrected chi connectivity index (χ0v) is 83.3. The molecule has 0 radical (unpaired) electrons. The molecule has 0 aliphatic heterocycles. The summed E-state index contributed by atoms with van der Waals surface area (Å²) in [5, 5.41) is 2.58. The third-order valence-electron chi connectivity index (χ3n) is 21.0. The summed E-state index contributed by atoms with van der Waals surface area (Å²) in [6, 6.07) is 0. The summed E-state index contributed by atoms with van der Waals surface area (Å²) in [5.41, 5.74) is -12.9. The first-order chi connectivity index (χ1) is 70.1. The van der Waals surface area contributed by atoms with Crippen LogP contribution in [0, 0.1) is 32.5 Å². The van der Waals surface area contributed by atoms with Crippen molar-refractivity contribution in [3.8, 4) is 0 Å². The molecular formula is C101H136N4O42. The topological polar surface area (TPSA) is 579 Å². The van der Waals surface area contributed by atoms with Gasteiger partial charge in [0, 0.05) is 131 Å². The lowest BCUT2D eigenvalue weighted by Gasteiger charge is -2.35. The number of carbonyl (C=O) groups is 18. The summed E-state index contributed by atoms with van der Waals surface area (Å²) >= 11 is 0. The van der Waals surface area contributed by atoms with Gasteiger partial charge in [-0.3, -0.25) is 14.4 Å². The molecule has 0 spiro atoms. The van der Waals surface area contributed by atoms with Crippen LogP contribution in [0.1, 0.15) is 116 Å². The number of hydrogen-bond donors (Lipinski definition) is 1. The minimum atomic E-state index is -1.75. The van der Waals surface area contributed by atoms with Crippen molar-refractivity contribution >= 4 is 108 Å². The lowest BCUT2D eigenvalue weighted by atomic mass is 9.90. The van der Waals surface area contributed by atoms with Crippen LogP contribution in [0.25, 0.3) is 0 Å². The van der Waals surface area contributed by atoms with Crippen LogP contribution in [0.3, 0.4) is 0 Å². The SMILES string of the molecule is C=CC(=O)OCC(COCC(COC(=O)C=C)(COC(=O)C=C)COC(=O)CCCCCCCn1c(=O)n(CCCCCCCC(=O)OCC(COCC(COC(=O)C=C)(COC(=O)C=C)COC(=O)CC)(COC(=O)C=C)COC(=O)C=C)c(=O)n(CCCCCCNC(=O)OCC(COCC(COC(=O)C=C)(COC(=O)C=C)COC(=O)C=C)(COC(=O)C=C)COC(=O)C=C)c1=O)(COC(=O)C=C)COC(=O)C=C. The third kappa shape index (κ3) is 53.9. The van der Waals surface area contributed by atoms with E-state index in [1.807, 2.05) is 0 Å². The number of hydrogen-bond acceptors (Lipinski definition) is 42. The van der Waals surface area contributed by atoms with Gasteiger partial charge < -0.3 is 105 Å². The molecule has 1 aromatic heterocycles. The quantitative estimate of drug-likeness (QED) is 0.0321. The molecule has 1 rings (SSSR count). The monoisotopic (exact) mass is 2080 g/mol. The number of rotatable bonds is 86. The second-order valence-corrected chi connectivity index (χ2v) is 33.4. The van der Waals surface area contributed by atoms with E-state index in [-0.39, 0.29) is 84.0 Å². The fourth-order valence-electron chi connectivity index (χ4n) is 12.5. The summed E-state index contributed by atoms with van der Waals surface area (Å²) in [5.74, 6) is -15.4. The Hall–Kier alpha value is -15.1. The Bertz CT molecular complexity index is 4420. The number of unbranched alkanes of at least 4 members (excludes halogenated alkanes) is 11. The predicted molar refractivity (Wildman–Crippen MR) is 519 cm³/mol. The number of nitrogens with one attached hydrogen (secondary N) is 1. The summed E-state index contributed by atoms with van der Waals surface area (Å²) in [6.07, 6.45) is 14.5. The average Bonchev–Trinajstić information content (AvgIpc) is 0.781. The molecule has 0 atom stereocenters. The molecule has 1 aromatic rings. The number of aromatic nitrogens is 3. The molecule has 0 aliphatic rings. The highest BCUT2D eigenvalue weighted by atomic mass is 16.6. The largest absolute Gasteiger partial charge is 0.465 e. The van der Waals surface area contributed by atoms with E-state index in [2.05, 4.69) is 97.4 Å². The first-order valence-corrected chi connectivity index (χ1v) is 46.3. The number of ether oxygens (including phenoxy) is 21. The van der Waals surface area contributed by atoms with E-state index in [1.54, 1.807) is 0 Å². The predicted octanol–water partition coefficient (Wildman–Crippen LogP) is 6.36. The lowest BCUT2D eigenvalue weighted by molar-refractivity contribution is -0.175. The Morgan fingerprint density at radius 3 is 0.551 bits per heavy atom. The molecule has 0 aliphatic carbocycles. The minimum Gasteiger partial charge on any atom is -0.465 e. The van der Waals surface area contributed by atoms with Crippen molar-refractivity contribution in [2.45, 2.75) is 136 Å². The Morgan fingerprint density at radius 2 is 0.367 bits per heavy atom. The van der Waals surface area contributed by atoms with Crippen molar-refractivity contribution in [2.75, 3.05) is 165 Å². The molecule has 1 heterocycles. The Labute approximate surface area is 850 Å². The third-order valence-corrected chi connectivity index (χ3v) is 21.0. The van der Waals surface area contributed by atoms with Crippen LogP contribution in [-0.4, -0.2) is 286 Å². The number of amides is 1. The van der Waals surface area contributed by atoms with E-state index in [0.717, 1.165) is 98.8 Å². The van der Waals surface area contributed by atoms with Crippen LogP contribution < -0.4 is 22.4 Å². The summed E-state index contributed by atoms with van der Waals surface area (Å²) in [6.45, 7) is 33.5. The number of carbonyl (C=O) groups excluding carboxylic acids is 18. The highest BCUT2D eigenvalue weighted by molar-refractivity contribution is 5.86. The first kappa shape index (κ1) is 130. The van der Waals surface area contributed by atoms with Gasteiger partial charge >= 0.3 is 125 Å². The van der Waals surface area contributed by atoms with E-state index >= 15 is 0 Å². The highest BCUT2D eigenvalue weighted by Gasteiger charge is 2.45. The van der Waals surface area contributed by atoms with Crippen molar-refractivity contribution in [3.63, 3.8) is 0 Å². The van der Waals surface area contributed by atoms with Gasteiger partial charge in [0.15, 0.2) is 0 Å². The van der Waals surface area contributed by atoms with Crippen LogP contribution >= 0.6 is 0 Å². The van der Waals surface area contributed by atoms with E-state index in [9.17, 15) is 101 Å². The van der Waals surface area contributed by atoms with Crippen LogP contribution in [0.5, 0.6) is 0 Å². The van der Waals surface area contributed by atoms with E-state index in [4.69, 9.17) is 99.5 Å². The van der Waals surface area contributed by atoms with Gasteiger partial charge in [-0.15, -0.1) is 0 Å². The average molecular weight is 2080 g/mol. The Kier molecular flexibility index (Phi) is 64.6. The number of esters is 17. The lowest BCUT2D eigenvalue weighted by Crippen LogP contribution is -2.54. The normalized spacial score (nSPS) is 11.1. The second kappa shape index (κ2) is 73.0. The zero-order valence-electron chi connectivity index (χ0n) is 83.3. The van der Waals surface area contributed by atoms with Crippen molar-refractivity contribution in [1.82, 2.24) is 19.0 Å². The molecule has 0 aromatic carbocycles. The Morgan fingerprint density at radius 1 is 0.211 bits per heavy atom. The summed E-state index contributed by atoms with van der Waals surface area (Å²) < 4.78 is 118. The molecule has 1 N–H and O–H groups in total. The summed E-state index contributed by atoms with van der Waals surface area (Å²) in [7, 11) is 0. The number of nitrogens with zero attached hydrogens (tertiary/aromatic N) is 3. The molecule has 46 heteroatoms.